The molecule has 1 aliphatic rings. The number of allylic oxidation sites excluding steroid dienone is 1. The van der Waals surface area contributed by atoms with Gasteiger partial charge in [0.2, 0.25) is 5.91 Å². The lowest BCUT2D eigenvalue weighted by molar-refractivity contribution is -0.137. The van der Waals surface area contributed by atoms with Crippen LogP contribution >= 0.6 is 0 Å². The summed E-state index contributed by atoms with van der Waals surface area (Å²) in [7, 11) is 0. The highest BCUT2D eigenvalue weighted by Gasteiger charge is 2.30. The van der Waals surface area contributed by atoms with Crippen molar-refractivity contribution in [2.24, 2.45) is 0 Å². The molecule has 2 N–H and O–H groups in total. The maximum absolute atomic E-state index is 12.0. The molecule has 0 saturated carbocycles. The van der Waals surface area contributed by atoms with Gasteiger partial charge < -0.3 is 20.1 Å². The zero-order valence-corrected chi connectivity index (χ0v) is 16.0. The van der Waals surface area contributed by atoms with Crippen molar-refractivity contribution >= 4 is 18.0 Å². The zero-order valence-electron chi connectivity index (χ0n) is 16.0. The number of ether oxygens (including phenoxy) is 1. The van der Waals surface area contributed by atoms with Gasteiger partial charge >= 0.3 is 12.1 Å². The van der Waals surface area contributed by atoms with E-state index in [1.807, 2.05) is 42.5 Å². The molecule has 28 heavy (non-hydrogen) atoms. The second kappa shape index (κ2) is 11.8. The Morgan fingerprint density at radius 2 is 2.04 bits per heavy atom. The van der Waals surface area contributed by atoms with Crippen LogP contribution in [-0.4, -0.2) is 53.7 Å². The van der Waals surface area contributed by atoms with Crippen LogP contribution in [0.3, 0.4) is 0 Å². The zero-order chi connectivity index (χ0) is 20.2. The number of carboxylic acid groups (broad SMARTS) is 1. The van der Waals surface area contributed by atoms with E-state index in [0.29, 0.717) is 38.8 Å². The molecule has 1 atom stereocenters. The van der Waals surface area contributed by atoms with E-state index in [4.69, 9.17) is 9.84 Å². The predicted molar refractivity (Wildman–Crippen MR) is 105 cm³/mol. The topological polar surface area (TPSA) is 95.9 Å². The molecule has 1 saturated heterocycles. The predicted octanol–water partition coefficient (Wildman–Crippen LogP) is 2.76. The lowest BCUT2D eigenvalue weighted by Gasteiger charge is -2.23. The first-order chi connectivity index (χ1) is 13.6. The Morgan fingerprint density at radius 3 is 2.79 bits per heavy atom. The van der Waals surface area contributed by atoms with Gasteiger partial charge in [0.15, 0.2) is 0 Å². The first-order valence-electron chi connectivity index (χ1n) is 9.67. The number of likely N-dealkylation sites (tertiary alicyclic amines) is 1. The number of carbonyl (C=O) groups is 3. The molecule has 7 heteroatoms. The molecule has 1 aromatic carbocycles. The highest BCUT2D eigenvalue weighted by Crippen LogP contribution is 2.19. The molecular formula is C21H28N2O5. The van der Waals surface area contributed by atoms with Crippen LogP contribution in [0.25, 0.3) is 0 Å². The third-order valence-electron chi connectivity index (χ3n) is 4.62. The summed E-state index contributed by atoms with van der Waals surface area (Å²) < 4.78 is 5.28. The summed E-state index contributed by atoms with van der Waals surface area (Å²) in [4.78, 5) is 36.1. The summed E-state index contributed by atoms with van der Waals surface area (Å²) in [6.45, 7) is 1.13. The van der Waals surface area contributed by atoms with E-state index in [9.17, 15) is 14.4 Å². The summed E-state index contributed by atoms with van der Waals surface area (Å²) in [5, 5.41) is 11.3. The summed E-state index contributed by atoms with van der Waals surface area (Å²) >= 11 is 0. The molecule has 0 unspecified atom stereocenters. The second-order valence-corrected chi connectivity index (χ2v) is 6.76. The smallest absolute Gasteiger partial charge is 0.407 e. The van der Waals surface area contributed by atoms with Gasteiger partial charge in [-0.15, -0.1) is 0 Å². The standard InChI is InChI=1S/C21H28N2O5/c24-19-12-11-18(23(19)15-7-2-1-6-10-20(25)26)16-28-21(27)22-14-13-17-8-4-3-5-9-17/h2-5,7-9,18H,1,6,10-16H2,(H,22,27)(H,25,26)/b7-2-/t18-/m1/s1. The Bertz CT molecular complexity index is 675. The molecule has 1 aromatic rings. The van der Waals surface area contributed by atoms with Crippen molar-refractivity contribution in [3.63, 3.8) is 0 Å². The van der Waals surface area contributed by atoms with Crippen molar-refractivity contribution < 1.29 is 24.2 Å². The summed E-state index contributed by atoms with van der Waals surface area (Å²) in [5.41, 5.74) is 1.14. The number of alkyl carbamates (subject to hydrolysis) is 1. The van der Waals surface area contributed by atoms with Crippen molar-refractivity contribution in [3.8, 4) is 0 Å². The van der Waals surface area contributed by atoms with Crippen LogP contribution in [0.4, 0.5) is 4.79 Å². The number of nitrogens with one attached hydrogen (secondary N) is 1. The minimum atomic E-state index is -0.803. The molecule has 0 radical (unpaired) electrons. The minimum absolute atomic E-state index is 0.0493. The van der Waals surface area contributed by atoms with Crippen LogP contribution in [0.1, 0.15) is 37.7 Å². The maximum atomic E-state index is 12.0. The number of amides is 2. The monoisotopic (exact) mass is 388 g/mol. The molecule has 0 aromatic heterocycles. The Kier molecular flexibility index (Phi) is 9.04. The quantitative estimate of drug-likeness (QED) is 0.449. The number of unbranched alkanes of at least 4 members (excludes halogenated alkanes) is 1. The normalized spacial score (nSPS) is 16.5. The van der Waals surface area contributed by atoms with E-state index in [2.05, 4.69) is 5.32 Å². The van der Waals surface area contributed by atoms with Gasteiger partial charge in [0.05, 0.1) is 6.04 Å². The van der Waals surface area contributed by atoms with Gasteiger partial charge in [0, 0.05) is 25.9 Å². The lowest BCUT2D eigenvalue weighted by atomic mass is 10.1. The van der Waals surface area contributed by atoms with Gasteiger partial charge in [-0.05, 0) is 31.2 Å². The van der Waals surface area contributed by atoms with Gasteiger partial charge in [-0.25, -0.2) is 4.79 Å². The summed E-state index contributed by atoms with van der Waals surface area (Å²) in [5.74, 6) is -0.754. The van der Waals surface area contributed by atoms with Gasteiger partial charge in [0.1, 0.15) is 6.61 Å². The molecule has 1 aliphatic heterocycles. The number of hydrogen-bond donors (Lipinski definition) is 2. The number of benzene rings is 1. The fourth-order valence-electron chi connectivity index (χ4n) is 3.07. The third kappa shape index (κ3) is 7.82. The van der Waals surface area contributed by atoms with Gasteiger partial charge in [-0.2, -0.15) is 0 Å². The Hall–Kier alpha value is -2.83. The molecule has 2 amide bonds. The van der Waals surface area contributed by atoms with Crippen LogP contribution in [0, 0.1) is 0 Å². The van der Waals surface area contributed by atoms with E-state index in [1.165, 1.54) is 0 Å². The fraction of sp³-hybridized carbons (Fsp3) is 0.476. The number of carboxylic acids is 1. The molecule has 1 heterocycles. The van der Waals surface area contributed by atoms with Crippen LogP contribution in [0.15, 0.2) is 42.5 Å². The van der Waals surface area contributed by atoms with Crippen LogP contribution < -0.4 is 5.32 Å². The molecule has 152 valence electrons. The molecule has 1 fully saturated rings. The molecule has 0 bridgehead atoms. The van der Waals surface area contributed by atoms with Crippen molar-refractivity contribution in [2.75, 3.05) is 19.7 Å². The second-order valence-electron chi connectivity index (χ2n) is 6.76. The van der Waals surface area contributed by atoms with E-state index in [1.54, 1.807) is 4.90 Å². The molecule has 7 nitrogen and oxygen atoms in total. The van der Waals surface area contributed by atoms with E-state index < -0.39 is 12.1 Å². The Balaban J connectivity index is 1.65. The van der Waals surface area contributed by atoms with E-state index in [0.717, 1.165) is 12.0 Å². The Labute approximate surface area is 165 Å². The average Bonchev–Trinajstić information content (AvgIpc) is 3.03. The van der Waals surface area contributed by atoms with Gasteiger partial charge in [0.25, 0.3) is 0 Å². The van der Waals surface area contributed by atoms with Crippen LogP contribution in [-0.2, 0) is 20.7 Å². The number of rotatable bonds is 11. The maximum Gasteiger partial charge on any atom is 0.407 e. The SMILES string of the molecule is O=C(O)CCC/C=C\CN1C(=O)CC[C@@H]1COC(=O)NCCc1ccccc1. The summed E-state index contributed by atoms with van der Waals surface area (Å²) in [6.07, 6.45) is 6.54. The van der Waals surface area contributed by atoms with Crippen molar-refractivity contribution in [3.05, 3.63) is 48.0 Å². The Morgan fingerprint density at radius 1 is 1.25 bits per heavy atom. The number of nitrogens with zero attached hydrogens (tertiary/aromatic N) is 1. The number of hydrogen-bond acceptors (Lipinski definition) is 4. The van der Waals surface area contributed by atoms with Gasteiger partial charge in [-0.3, -0.25) is 9.59 Å². The van der Waals surface area contributed by atoms with E-state index >= 15 is 0 Å². The largest absolute Gasteiger partial charge is 0.481 e. The van der Waals surface area contributed by atoms with Crippen LogP contribution in [0.2, 0.25) is 0 Å². The highest BCUT2D eigenvalue weighted by molar-refractivity contribution is 5.79. The lowest BCUT2D eigenvalue weighted by Crippen LogP contribution is -2.38. The highest BCUT2D eigenvalue weighted by atomic mass is 16.5. The van der Waals surface area contributed by atoms with E-state index in [-0.39, 0.29) is 25.0 Å². The van der Waals surface area contributed by atoms with Crippen molar-refractivity contribution in [1.82, 2.24) is 10.2 Å². The summed E-state index contributed by atoms with van der Waals surface area (Å²) in [6, 6.07) is 9.76. The van der Waals surface area contributed by atoms with Gasteiger partial charge in [-0.1, -0.05) is 42.5 Å². The van der Waals surface area contributed by atoms with Crippen molar-refractivity contribution in [1.29, 1.82) is 0 Å². The first-order valence-corrected chi connectivity index (χ1v) is 9.67. The molecule has 2 rings (SSSR count). The third-order valence-corrected chi connectivity index (χ3v) is 4.62. The van der Waals surface area contributed by atoms with Crippen molar-refractivity contribution in [2.45, 2.75) is 44.6 Å². The molecule has 0 spiro atoms. The number of carbonyl (C=O) groups excluding carboxylic acids is 2. The molecular weight excluding hydrogens is 360 g/mol. The first kappa shape index (κ1) is 21.5. The minimum Gasteiger partial charge on any atom is -0.481 e. The molecule has 0 aliphatic carbocycles. The number of aliphatic carboxylic acids is 1. The van der Waals surface area contributed by atoms with Crippen LogP contribution in [0.5, 0.6) is 0 Å². The fourth-order valence-corrected chi connectivity index (χ4v) is 3.07. The average molecular weight is 388 g/mol.